The van der Waals surface area contributed by atoms with Crippen LogP contribution in [-0.2, 0) is 4.79 Å². The molecule has 15 heavy (non-hydrogen) atoms. The molecule has 5 unspecified atom stereocenters. The van der Waals surface area contributed by atoms with Crippen molar-refractivity contribution in [2.75, 3.05) is 0 Å². The number of hydrogen-bond acceptors (Lipinski definition) is 1. The van der Waals surface area contributed by atoms with E-state index in [0.29, 0.717) is 11.2 Å². The Balaban J connectivity index is 1.72. The van der Waals surface area contributed by atoms with E-state index in [0.717, 1.165) is 29.6 Å². The van der Waals surface area contributed by atoms with E-state index in [2.05, 4.69) is 0 Å². The summed E-state index contributed by atoms with van der Waals surface area (Å²) < 4.78 is 0. The Morgan fingerprint density at radius 1 is 1.20 bits per heavy atom. The summed E-state index contributed by atoms with van der Waals surface area (Å²) in [4.78, 5) is 11.4. The van der Waals surface area contributed by atoms with E-state index in [4.69, 9.17) is 0 Å². The molecule has 1 spiro atoms. The third kappa shape index (κ3) is 0.893. The first-order valence-corrected chi connectivity index (χ1v) is 6.61. The molecule has 4 aliphatic carbocycles. The number of rotatable bonds is 2. The van der Waals surface area contributed by atoms with Crippen molar-refractivity contribution in [3.05, 3.63) is 0 Å². The van der Waals surface area contributed by atoms with Crippen LogP contribution < -0.4 is 0 Å². The summed E-state index contributed by atoms with van der Waals surface area (Å²) in [6.07, 6.45) is 9.66. The highest BCUT2D eigenvalue weighted by Crippen LogP contribution is 2.79. The van der Waals surface area contributed by atoms with E-state index in [1.165, 1.54) is 38.5 Å². The van der Waals surface area contributed by atoms with E-state index in [-0.39, 0.29) is 0 Å². The van der Waals surface area contributed by atoms with Crippen molar-refractivity contribution in [3.8, 4) is 0 Å². The first-order valence-electron chi connectivity index (χ1n) is 6.61. The van der Waals surface area contributed by atoms with Gasteiger partial charge < -0.3 is 4.79 Å². The van der Waals surface area contributed by atoms with Gasteiger partial charge in [0.1, 0.15) is 5.78 Å². The fourth-order valence-corrected chi connectivity index (χ4v) is 6.27. The summed E-state index contributed by atoms with van der Waals surface area (Å²) in [6, 6.07) is 0. The molecule has 0 aromatic carbocycles. The second-order valence-electron chi connectivity index (χ2n) is 7.13. The topological polar surface area (TPSA) is 17.1 Å². The molecular weight excluding hydrogens is 184 g/mol. The summed E-state index contributed by atoms with van der Waals surface area (Å²) in [5.74, 6) is 3.53. The highest BCUT2D eigenvalue weighted by molar-refractivity contribution is 5.76. The van der Waals surface area contributed by atoms with Crippen molar-refractivity contribution in [3.63, 3.8) is 0 Å². The number of Topliss-reactive ketones (excluding diaryl/α,β-unsaturated/α-hetero) is 1. The molecule has 4 rings (SSSR count). The monoisotopic (exact) mass is 204 g/mol. The average molecular weight is 204 g/mol. The van der Waals surface area contributed by atoms with Gasteiger partial charge in [-0.2, -0.15) is 0 Å². The predicted molar refractivity (Wildman–Crippen MR) is 58.3 cm³/mol. The zero-order chi connectivity index (χ0) is 10.3. The van der Waals surface area contributed by atoms with Gasteiger partial charge in [0.2, 0.25) is 0 Å². The number of fused-ring (bicyclic) bond motifs is 2. The van der Waals surface area contributed by atoms with Gasteiger partial charge in [-0.05, 0) is 74.0 Å². The molecule has 0 N–H and O–H groups in total. The third-order valence-electron chi connectivity index (χ3n) is 6.21. The van der Waals surface area contributed by atoms with Crippen LogP contribution >= 0.6 is 0 Å². The summed E-state index contributed by atoms with van der Waals surface area (Å²) >= 11 is 0. The van der Waals surface area contributed by atoms with Gasteiger partial charge in [0.25, 0.3) is 0 Å². The van der Waals surface area contributed by atoms with Gasteiger partial charge in [0.05, 0.1) is 0 Å². The molecule has 4 fully saturated rings. The quantitative estimate of drug-likeness (QED) is 0.675. The van der Waals surface area contributed by atoms with Gasteiger partial charge >= 0.3 is 0 Å². The molecule has 3 bridgehead atoms. The maximum Gasteiger partial charge on any atom is 0.130 e. The van der Waals surface area contributed by atoms with Gasteiger partial charge in [-0.1, -0.05) is 0 Å². The zero-order valence-corrected chi connectivity index (χ0v) is 9.59. The minimum absolute atomic E-state index is 0.436. The second kappa shape index (κ2) is 2.33. The standard InChI is InChI=1S/C14H20O/c1-9(15)4-13-5-10-2-11-3-12(7-13)14(11,6-10)8-13/h10-12H,2-8H2,1H3. The Hall–Kier alpha value is -0.330. The molecule has 1 heteroatoms. The van der Waals surface area contributed by atoms with Gasteiger partial charge in [0, 0.05) is 6.42 Å². The lowest BCUT2D eigenvalue weighted by atomic mass is 9.55. The van der Waals surface area contributed by atoms with Crippen LogP contribution in [0, 0.1) is 28.6 Å². The molecule has 1 nitrogen and oxygen atoms in total. The zero-order valence-electron chi connectivity index (χ0n) is 9.59. The van der Waals surface area contributed by atoms with Crippen LogP contribution in [0.1, 0.15) is 51.9 Å². The summed E-state index contributed by atoms with van der Waals surface area (Å²) in [5, 5.41) is 0. The molecule has 82 valence electrons. The maximum atomic E-state index is 11.4. The lowest BCUT2D eigenvalue weighted by molar-refractivity contribution is -0.119. The number of ketones is 1. The number of carbonyl (C=O) groups excluding carboxylic acids is 1. The lowest BCUT2D eigenvalue weighted by Gasteiger charge is -2.49. The van der Waals surface area contributed by atoms with E-state index >= 15 is 0 Å². The molecule has 4 saturated carbocycles. The van der Waals surface area contributed by atoms with E-state index in [1.54, 1.807) is 6.92 Å². The molecule has 0 aliphatic heterocycles. The molecule has 0 radical (unpaired) electrons. The molecule has 0 aromatic heterocycles. The molecule has 5 atom stereocenters. The molecular formula is C14H20O. The Bertz CT molecular complexity index is 343. The highest BCUT2D eigenvalue weighted by Gasteiger charge is 2.70. The summed E-state index contributed by atoms with van der Waals surface area (Å²) in [5.41, 5.74) is 1.24. The Morgan fingerprint density at radius 2 is 2.07 bits per heavy atom. The Labute approximate surface area is 91.6 Å². The minimum Gasteiger partial charge on any atom is -0.300 e. The van der Waals surface area contributed by atoms with Crippen molar-refractivity contribution in [1.29, 1.82) is 0 Å². The van der Waals surface area contributed by atoms with E-state index in [9.17, 15) is 4.79 Å². The van der Waals surface area contributed by atoms with Crippen LogP contribution in [0.25, 0.3) is 0 Å². The highest BCUT2D eigenvalue weighted by atomic mass is 16.1. The van der Waals surface area contributed by atoms with Crippen LogP contribution in [0.4, 0.5) is 0 Å². The molecule has 0 heterocycles. The number of carbonyl (C=O) groups is 1. The minimum atomic E-state index is 0.436. The molecule has 0 amide bonds. The fraction of sp³-hybridized carbons (Fsp3) is 0.929. The average Bonchev–Trinajstić information content (AvgIpc) is 2.41. The van der Waals surface area contributed by atoms with Crippen LogP contribution in [0.2, 0.25) is 0 Å². The summed E-state index contributed by atoms with van der Waals surface area (Å²) in [7, 11) is 0. The number of hydrogen-bond donors (Lipinski definition) is 0. The maximum absolute atomic E-state index is 11.4. The van der Waals surface area contributed by atoms with E-state index < -0.39 is 0 Å². The van der Waals surface area contributed by atoms with Crippen molar-refractivity contribution in [2.24, 2.45) is 28.6 Å². The molecule has 0 saturated heterocycles. The lowest BCUT2D eigenvalue weighted by Crippen LogP contribution is -2.41. The Morgan fingerprint density at radius 3 is 2.87 bits per heavy atom. The van der Waals surface area contributed by atoms with Crippen molar-refractivity contribution in [1.82, 2.24) is 0 Å². The van der Waals surface area contributed by atoms with Gasteiger partial charge in [-0.15, -0.1) is 0 Å². The van der Waals surface area contributed by atoms with Gasteiger partial charge in [-0.25, -0.2) is 0 Å². The largest absolute Gasteiger partial charge is 0.300 e. The van der Waals surface area contributed by atoms with Crippen molar-refractivity contribution >= 4 is 5.78 Å². The van der Waals surface area contributed by atoms with Gasteiger partial charge in [-0.3, -0.25) is 0 Å². The first-order chi connectivity index (χ1) is 7.12. The van der Waals surface area contributed by atoms with Crippen LogP contribution in [0.3, 0.4) is 0 Å². The second-order valence-corrected chi connectivity index (χ2v) is 7.13. The fourth-order valence-electron chi connectivity index (χ4n) is 6.27. The van der Waals surface area contributed by atoms with Crippen LogP contribution in [-0.4, -0.2) is 5.78 Å². The first kappa shape index (κ1) is 8.78. The smallest absolute Gasteiger partial charge is 0.130 e. The summed E-state index contributed by atoms with van der Waals surface area (Å²) in [6.45, 7) is 1.79. The van der Waals surface area contributed by atoms with Crippen LogP contribution in [0.5, 0.6) is 0 Å². The van der Waals surface area contributed by atoms with Gasteiger partial charge in [0.15, 0.2) is 0 Å². The van der Waals surface area contributed by atoms with E-state index in [1.807, 2.05) is 0 Å². The third-order valence-corrected chi connectivity index (χ3v) is 6.21. The van der Waals surface area contributed by atoms with Crippen LogP contribution in [0.15, 0.2) is 0 Å². The SMILES string of the molecule is CC(=O)CC12CC3CC4CC(C1)C4(C3)C2. The van der Waals surface area contributed by atoms with Crippen molar-refractivity contribution < 1.29 is 4.79 Å². The molecule has 0 aromatic rings. The normalized spacial score (nSPS) is 59.1. The molecule has 4 aliphatic rings. The predicted octanol–water partition coefficient (Wildman–Crippen LogP) is 3.18. The Kier molecular flexibility index (Phi) is 1.37. The van der Waals surface area contributed by atoms with Crippen molar-refractivity contribution in [2.45, 2.75) is 51.9 Å².